The average molecular weight is 268 g/mol. The molecular formula is C18H24N2. The summed E-state index contributed by atoms with van der Waals surface area (Å²) in [6.07, 6.45) is 7.12. The van der Waals surface area contributed by atoms with Gasteiger partial charge >= 0.3 is 0 Å². The normalized spacial score (nSPS) is 12.3. The molecule has 1 heterocycles. The highest BCUT2D eigenvalue weighted by Gasteiger charge is 2.11. The second kappa shape index (κ2) is 7.81. The van der Waals surface area contributed by atoms with Crippen molar-refractivity contribution in [3.63, 3.8) is 0 Å². The summed E-state index contributed by atoms with van der Waals surface area (Å²) in [7, 11) is 0. The van der Waals surface area contributed by atoms with Crippen LogP contribution in [0.5, 0.6) is 0 Å². The van der Waals surface area contributed by atoms with Gasteiger partial charge < -0.3 is 5.32 Å². The molecule has 0 spiro atoms. The van der Waals surface area contributed by atoms with E-state index in [0.29, 0.717) is 6.04 Å². The molecule has 0 aliphatic heterocycles. The number of pyridine rings is 1. The number of hydrogen-bond acceptors (Lipinski definition) is 2. The lowest BCUT2D eigenvalue weighted by molar-refractivity contribution is 0.549. The van der Waals surface area contributed by atoms with Crippen LogP contribution in [0.1, 0.15) is 43.0 Å². The van der Waals surface area contributed by atoms with Crippen LogP contribution in [0.25, 0.3) is 0 Å². The fraction of sp³-hybridized carbons (Fsp3) is 0.389. The van der Waals surface area contributed by atoms with E-state index in [1.807, 2.05) is 18.5 Å². The molecule has 0 saturated heterocycles. The van der Waals surface area contributed by atoms with Crippen LogP contribution in [-0.4, -0.2) is 11.5 Å². The standard InChI is InChI=1S/C18H24N2/c1-3-6-15-8-10-17(11-9-15)18(20-4-2)13-16-7-5-12-19-14-16/h5,7-12,14,18,20H,3-4,6,13H2,1-2H3. The molecule has 0 amide bonds. The molecule has 1 aromatic carbocycles. The molecule has 0 saturated carbocycles. The summed E-state index contributed by atoms with van der Waals surface area (Å²) in [5, 5.41) is 3.57. The van der Waals surface area contributed by atoms with Crippen LogP contribution in [0.15, 0.2) is 48.8 Å². The zero-order valence-electron chi connectivity index (χ0n) is 12.5. The third-order valence-electron chi connectivity index (χ3n) is 3.53. The molecule has 1 atom stereocenters. The fourth-order valence-electron chi connectivity index (χ4n) is 2.51. The molecular weight excluding hydrogens is 244 g/mol. The first-order valence-corrected chi connectivity index (χ1v) is 7.54. The van der Waals surface area contributed by atoms with Gasteiger partial charge in [0.1, 0.15) is 0 Å². The van der Waals surface area contributed by atoms with Crippen LogP contribution in [0, 0.1) is 0 Å². The molecule has 106 valence electrons. The molecule has 2 aromatic rings. The topological polar surface area (TPSA) is 24.9 Å². The first-order valence-electron chi connectivity index (χ1n) is 7.54. The van der Waals surface area contributed by atoms with E-state index >= 15 is 0 Å². The lowest BCUT2D eigenvalue weighted by Crippen LogP contribution is -2.23. The van der Waals surface area contributed by atoms with Gasteiger partial charge in [-0.05, 0) is 42.1 Å². The third-order valence-corrected chi connectivity index (χ3v) is 3.53. The van der Waals surface area contributed by atoms with Gasteiger partial charge in [0, 0.05) is 18.4 Å². The largest absolute Gasteiger partial charge is 0.310 e. The summed E-state index contributed by atoms with van der Waals surface area (Å²) in [6, 6.07) is 13.5. The van der Waals surface area contributed by atoms with Crippen LogP contribution in [0.4, 0.5) is 0 Å². The highest BCUT2D eigenvalue weighted by atomic mass is 14.9. The number of nitrogens with one attached hydrogen (secondary N) is 1. The van der Waals surface area contributed by atoms with Crippen molar-refractivity contribution in [1.82, 2.24) is 10.3 Å². The monoisotopic (exact) mass is 268 g/mol. The Morgan fingerprint density at radius 3 is 2.45 bits per heavy atom. The van der Waals surface area contributed by atoms with Crippen LogP contribution in [-0.2, 0) is 12.8 Å². The Bertz CT molecular complexity index is 491. The van der Waals surface area contributed by atoms with Crippen LogP contribution < -0.4 is 5.32 Å². The van der Waals surface area contributed by atoms with Crippen LogP contribution in [0.2, 0.25) is 0 Å². The highest BCUT2D eigenvalue weighted by Crippen LogP contribution is 2.19. The minimum atomic E-state index is 0.361. The van der Waals surface area contributed by atoms with E-state index < -0.39 is 0 Å². The van der Waals surface area contributed by atoms with Gasteiger partial charge in [-0.2, -0.15) is 0 Å². The Kier molecular flexibility index (Phi) is 5.75. The van der Waals surface area contributed by atoms with E-state index in [2.05, 4.69) is 54.5 Å². The lowest BCUT2D eigenvalue weighted by Gasteiger charge is -2.18. The Morgan fingerprint density at radius 1 is 1.05 bits per heavy atom. The molecule has 0 fully saturated rings. The molecule has 0 bridgehead atoms. The summed E-state index contributed by atoms with van der Waals surface area (Å²) < 4.78 is 0. The van der Waals surface area contributed by atoms with Gasteiger partial charge in [0.05, 0.1) is 0 Å². The van der Waals surface area contributed by atoms with Crippen molar-refractivity contribution in [3.05, 3.63) is 65.5 Å². The average Bonchev–Trinajstić information content (AvgIpc) is 2.49. The van der Waals surface area contributed by atoms with E-state index in [-0.39, 0.29) is 0 Å². The molecule has 0 aliphatic rings. The van der Waals surface area contributed by atoms with Crippen molar-refractivity contribution in [2.24, 2.45) is 0 Å². The van der Waals surface area contributed by atoms with E-state index in [1.165, 1.54) is 23.1 Å². The molecule has 0 aliphatic carbocycles. The second-order valence-electron chi connectivity index (χ2n) is 5.17. The molecule has 20 heavy (non-hydrogen) atoms. The van der Waals surface area contributed by atoms with Crippen molar-refractivity contribution in [2.75, 3.05) is 6.54 Å². The van der Waals surface area contributed by atoms with Gasteiger partial charge in [-0.1, -0.05) is 50.6 Å². The molecule has 0 radical (unpaired) electrons. The van der Waals surface area contributed by atoms with Crippen molar-refractivity contribution in [2.45, 2.75) is 39.2 Å². The van der Waals surface area contributed by atoms with Gasteiger partial charge in [-0.15, -0.1) is 0 Å². The first-order chi connectivity index (χ1) is 9.83. The maximum absolute atomic E-state index is 4.20. The summed E-state index contributed by atoms with van der Waals surface area (Å²) >= 11 is 0. The molecule has 1 N–H and O–H groups in total. The Hall–Kier alpha value is -1.67. The van der Waals surface area contributed by atoms with Gasteiger partial charge in [0.2, 0.25) is 0 Å². The SMILES string of the molecule is CCCc1ccc(C(Cc2cccnc2)NCC)cc1. The Balaban J connectivity index is 2.11. The van der Waals surface area contributed by atoms with Crippen LogP contribution >= 0.6 is 0 Å². The summed E-state index contributed by atoms with van der Waals surface area (Å²) in [5.74, 6) is 0. The Labute approximate surface area is 122 Å². The van der Waals surface area contributed by atoms with E-state index in [0.717, 1.165) is 19.4 Å². The summed E-state index contributed by atoms with van der Waals surface area (Å²) in [6.45, 7) is 5.35. The Morgan fingerprint density at radius 2 is 1.85 bits per heavy atom. The lowest BCUT2D eigenvalue weighted by atomic mass is 9.98. The van der Waals surface area contributed by atoms with Crippen molar-refractivity contribution in [3.8, 4) is 0 Å². The minimum absolute atomic E-state index is 0.361. The van der Waals surface area contributed by atoms with Gasteiger partial charge in [0.15, 0.2) is 0 Å². The van der Waals surface area contributed by atoms with Crippen molar-refractivity contribution in [1.29, 1.82) is 0 Å². The predicted molar refractivity (Wildman–Crippen MR) is 84.8 cm³/mol. The zero-order valence-corrected chi connectivity index (χ0v) is 12.5. The van der Waals surface area contributed by atoms with E-state index in [4.69, 9.17) is 0 Å². The molecule has 2 heteroatoms. The predicted octanol–water partition coefficient (Wildman–Crippen LogP) is 3.93. The van der Waals surface area contributed by atoms with E-state index in [9.17, 15) is 0 Å². The smallest absolute Gasteiger partial charge is 0.0361 e. The second-order valence-corrected chi connectivity index (χ2v) is 5.17. The third kappa shape index (κ3) is 4.17. The van der Waals surface area contributed by atoms with Gasteiger partial charge in [-0.25, -0.2) is 0 Å². The minimum Gasteiger partial charge on any atom is -0.310 e. The maximum atomic E-state index is 4.20. The number of aryl methyl sites for hydroxylation is 1. The number of aromatic nitrogens is 1. The van der Waals surface area contributed by atoms with Gasteiger partial charge in [-0.3, -0.25) is 4.98 Å². The molecule has 2 nitrogen and oxygen atoms in total. The summed E-state index contributed by atoms with van der Waals surface area (Å²) in [5.41, 5.74) is 4.06. The van der Waals surface area contributed by atoms with E-state index in [1.54, 1.807) is 0 Å². The highest BCUT2D eigenvalue weighted by molar-refractivity contribution is 5.27. The fourth-order valence-corrected chi connectivity index (χ4v) is 2.51. The zero-order chi connectivity index (χ0) is 14.2. The van der Waals surface area contributed by atoms with Crippen molar-refractivity contribution < 1.29 is 0 Å². The molecule has 1 aromatic heterocycles. The maximum Gasteiger partial charge on any atom is 0.0361 e. The number of nitrogens with zero attached hydrogens (tertiary/aromatic N) is 1. The number of hydrogen-bond donors (Lipinski definition) is 1. The first kappa shape index (κ1) is 14.7. The quantitative estimate of drug-likeness (QED) is 0.823. The number of likely N-dealkylation sites (N-methyl/N-ethyl adjacent to an activating group) is 1. The molecule has 1 unspecified atom stereocenters. The van der Waals surface area contributed by atoms with Crippen LogP contribution in [0.3, 0.4) is 0 Å². The number of rotatable bonds is 7. The van der Waals surface area contributed by atoms with Crippen molar-refractivity contribution >= 4 is 0 Å². The van der Waals surface area contributed by atoms with Gasteiger partial charge in [0.25, 0.3) is 0 Å². The summed E-state index contributed by atoms with van der Waals surface area (Å²) in [4.78, 5) is 4.20. The molecule has 2 rings (SSSR count). The number of benzene rings is 1.